The molecule has 0 aromatic heterocycles. The molecule has 0 aliphatic carbocycles. The summed E-state index contributed by atoms with van der Waals surface area (Å²) in [7, 11) is 0. The average Bonchev–Trinajstić information content (AvgIpc) is 2.79. The second-order valence-corrected chi connectivity index (χ2v) is 7.89. The molecule has 2 rings (SSSR count). The molecule has 6 nitrogen and oxygen atoms in total. The van der Waals surface area contributed by atoms with Gasteiger partial charge in [0, 0.05) is 0 Å². The molecular weight excluding hydrogens is 452 g/mol. The van der Waals surface area contributed by atoms with E-state index in [1.165, 1.54) is 12.1 Å². The number of benzene rings is 1. The van der Waals surface area contributed by atoms with E-state index < -0.39 is 33.5 Å². The van der Waals surface area contributed by atoms with E-state index in [9.17, 15) is 19.2 Å². The fourth-order valence-corrected chi connectivity index (χ4v) is 4.18. The van der Waals surface area contributed by atoms with Gasteiger partial charge in [0.25, 0.3) is 0 Å². The van der Waals surface area contributed by atoms with Gasteiger partial charge in [-0.25, -0.2) is 0 Å². The monoisotopic (exact) mass is 463 g/mol. The second kappa shape index (κ2) is 7.17. The quantitative estimate of drug-likeness (QED) is 0.265. The summed E-state index contributed by atoms with van der Waals surface area (Å²) in [4.78, 5) is 50.7. The van der Waals surface area contributed by atoms with Crippen molar-refractivity contribution >= 4 is 65.0 Å². The van der Waals surface area contributed by atoms with Crippen molar-refractivity contribution < 1.29 is 24.0 Å². The zero-order chi connectivity index (χ0) is 15.4. The van der Waals surface area contributed by atoms with Crippen LogP contribution in [0.1, 0.15) is 23.2 Å². The van der Waals surface area contributed by atoms with E-state index in [0.29, 0.717) is 9.49 Å². The van der Waals surface area contributed by atoms with Gasteiger partial charge in [-0.1, -0.05) is 0 Å². The van der Waals surface area contributed by atoms with E-state index in [-0.39, 0.29) is 23.0 Å². The Hall–Kier alpha value is -1.21. The maximum atomic E-state index is 11.9. The summed E-state index contributed by atoms with van der Waals surface area (Å²) >= 11 is 1.17. The molecule has 1 atom stereocenters. The third-order valence-electron chi connectivity index (χ3n) is 2.71. The van der Waals surface area contributed by atoms with Crippen LogP contribution in [0.4, 0.5) is 0 Å². The minimum absolute atomic E-state index is 0.0640. The molecule has 110 valence electrons. The van der Waals surface area contributed by atoms with Crippen molar-refractivity contribution in [2.75, 3.05) is 4.43 Å². The Kier molecular flexibility index (Phi) is 5.52. The first-order valence-corrected chi connectivity index (χ1v) is 9.67. The van der Waals surface area contributed by atoms with Gasteiger partial charge in [0.15, 0.2) is 0 Å². The Morgan fingerprint density at radius 1 is 1.14 bits per heavy atom. The Labute approximate surface area is 141 Å². The standard InChI is InChI=1S/C13H11AsINO5/c15-7-10(17)14-9-3-1-8(2-4-9)13(20)21-16-11(18)5-6-12(16)19/h1-4,14H,5-7H2. The van der Waals surface area contributed by atoms with Crippen LogP contribution in [0, 0.1) is 0 Å². The van der Waals surface area contributed by atoms with Gasteiger partial charge in [-0.2, -0.15) is 0 Å². The molecule has 1 fully saturated rings. The first kappa shape index (κ1) is 16.2. The number of hydroxylamine groups is 2. The molecule has 0 spiro atoms. The summed E-state index contributed by atoms with van der Waals surface area (Å²) < 4.78 is 1.63. The average molecular weight is 463 g/mol. The van der Waals surface area contributed by atoms with Gasteiger partial charge in [-0.15, -0.1) is 0 Å². The van der Waals surface area contributed by atoms with E-state index in [4.69, 9.17) is 4.84 Å². The molecule has 1 aromatic carbocycles. The first-order valence-electron chi connectivity index (χ1n) is 6.05. The molecule has 1 aromatic rings. The van der Waals surface area contributed by atoms with Crippen LogP contribution in [-0.4, -0.2) is 47.6 Å². The minimum atomic E-state index is -0.854. The number of halogens is 1. The van der Waals surface area contributed by atoms with Gasteiger partial charge in [0.05, 0.1) is 0 Å². The SMILES string of the molecule is O=C(CI)[AsH]c1ccc(C(=O)ON2C(=O)CCC2=O)cc1. The number of alkyl halides is 1. The van der Waals surface area contributed by atoms with Crippen molar-refractivity contribution in [1.29, 1.82) is 0 Å². The molecule has 1 aliphatic heterocycles. The Balaban J connectivity index is 2.01. The summed E-state index contributed by atoms with van der Waals surface area (Å²) in [6, 6.07) is 6.47. The molecule has 8 heteroatoms. The Morgan fingerprint density at radius 3 is 2.24 bits per heavy atom. The number of imide groups is 1. The van der Waals surface area contributed by atoms with Crippen LogP contribution in [0.15, 0.2) is 24.3 Å². The van der Waals surface area contributed by atoms with Crippen molar-refractivity contribution in [2.24, 2.45) is 0 Å². The summed E-state index contributed by atoms with van der Waals surface area (Å²) in [5, 5.41) is 0.518. The maximum absolute atomic E-state index is 11.9. The predicted octanol–water partition coefficient (Wildman–Crippen LogP) is -0.0692. The summed E-state index contributed by atoms with van der Waals surface area (Å²) in [5.41, 5.74) is 0.236. The fraction of sp³-hybridized carbons (Fsp3) is 0.231. The predicted molar refractivity (Wildman–Crippen MR) is 83.6 cm³/mol. The van der Waals surface area contributed by atoms with Crippen LogP contribution < -0.4 is 4.35 Å². The van der Waals surface area contributed by atoms with Gasteiger partial charge in [0.2, 0.25) is 0 Å². The van der Waals surface area contributed by atoms with Gasteiger partial charge in [0.1, 0.15) is 0 Å². The zero-order valence-corrected chi connectivity index (χ0v) is 15.1. The van der Waals surface area contributed by atoms with E-state index >= 15 is 0 Å². The zero-order valence-electron chi connectivity index (χ0n) is 10.8. The molecule has 1 heterocycles. The van der Waals surface area contributed by atoms with Crippen LogP contribution in [0.5, 0.6) is 0 Å². The number of hydrogen-bond donors (Lipinski definition) is 0. The van der Waals surface area contributed by atoms with Crippen LogP contribution >= 0.6 is 22.6 Å². The first-order chi connectivity index (χ1) is 10.0. The number of carbonyl (C=O) groups is 4. The molecule has 0 radical (unpaired) electrons. The van der Waals surface area contributed by atoms with Crippen molar-refractivity contribution in [2.45, 2.75) is 12.8 Å². The van der Waals surface area contributed by atoms with Crippen LogP contribution in [0.2, 0.25) is 0 Å². The summed E-state index contributed by atoms with van der Waals surface area (Å²) in [6.07, 6.45) is 0.128. The molecule has 1 saturated heterocycles. The van der Waals surface area contributed by atoms with Crippen molar-refractivity contribution in [1.82, 2.24) is 5.06 Å². The third kappa shape index (κ3) is 4.13. The molecule has 1 aliphatic rings. The van der Waals surface area contributed by atoms with Gasteiger partial charge < -0.3 is 0 Å². The van der Waals surface area contributed by atoms with E-state index in [2.05, 4.69) is 0 Å². The fourth-order valence-electron chi connectivity index (χ4n) is 1.68. The number of rotatable bonds is 5. The van der Waals surface area contributed by atoms with Crippen molar-refractivity contribution in [3.8, 4) is 0 Å². The molecular formula is C13H11AsINO5. The van der Waals surface area contributed by atoms with Crippen LogP contribution in [0.25, 0.3) is 0 Å². The molecule has 21 heavy (non-hydrogen) atoms. The topological polar surface area (TPSA) is 80.8 Å². The van der Waals surface area contributed by atoms with Crippen LogP contribution in [-0.2, 0) is 19.2 Å². The number of nitrogens with zero attached hydrogens (tertiary/aromatic N) is 1. The normalized spacial score (nSPS) is 15.0. The third-order valence-corrected chi connectivity index (χ3v) is 7.17. The van der Waals surface area contributed by atoms with E-state index in [1.54, 1.807) is 12.1 Å². The van der Waals surface area contributed by atoms with E-state index in [0.717, 1.165) is 4.35 Å². The number of carbonyl (C=O) groups excluding carboxylic acids is 4. The Morgan fingerprint density at radius 2 is 1.71 bits per heavy atom. The Bertz CT molecular complexity index is 585. The van der Waals surface area contributed by atoms with Gasteiger partial charge in [-0.3, -0.25) is 0 Å². The second-order valence-electron chi connectivity index (χ2n) is 4.22. The summed E-state index contributed by atoms with van der Waals surface area (Å²) in [5.74, 6) is -1.78. The summed E-state index contributed by atoms with van der Waals surface area (Å²) in [6.45, 7) is 0. The molecule has 1 unspecified atom stereocenters. The number of hydrogen-bond acceptors (Lipinski definition) is 5. The van der Waals surface area contributed by atoms with Crippen molar-refractivity contribution in [3.05, 3.63) is 29.8 Å². The van der Waals surface area contributed by atoms with Gasteiger partial charge >= 0.3 is 141 Å². The van der Waals surface area contributed by atoms with Crippen LogP contribution in [0.3, 0.4) is 0 Å². The van der Waals surface area contributed by atoms with E-state index in [1.807, 2.05) is 22.6 Å². The molecule has 0 N–H and O–H groups in total. The number of amides is 2. The molecule has 0 bridgehead atoms. The molecule has 0 saturated carbocycles. The molecule has 2 amide bonds. The van der Waals surface area contributed by atoms with Gasteiger partial charge in [-0.05, 0) is 0 Å². The van der Waals surface area contributed by atoms with Crippen molar-refractivity contribution in [3.63, 3.8) is 0 Å².